The molecule has 5 unspecified atom stereocenters. The Balaban J connectivity index is 5.32. The summed E-state index contributed by atoms with van der Waals surface area (Å²) in [6, 6.07) is 0. The van der Waals surface area contributed by atoms with E-state index in [-0.39, 0.29) is 25.7 Å². The molecule has 0 aromatic heterocycles. The molecule has 0 aliphatic rings. The highest BCUT2D eigenvalue weighted by atomic mass is 31.2. The number of aliphatic hydroxyl groups excluding tert-OH is 1. The largest absolute Gasteiger partial charge is 0.472 e. The summed E-state index contributed by atoms with van der Waals surface area (Å²) in [7, 11) is -9.93. The summed E-state index contributed by atoms with van der Waals surface area (Å²) in [6.07, 6.45) is 65.0. The van der Waals surface area contributed by atoms with Crippen molar-refractivity contribution >= 4 is 39.5 Å². The van der Waals surface area contributed by atoms with Crippen LogP contribution < -0.4 is 0 Å². The molecule has 0 aliphatic heterocycles. The van der Waals surface area contributed by atoms with Gasteiger partial charge in [0.2, 0.25) is 0 Å². The van der Waals surface area contributed by atoms with Gasteiger partial charge in [-0.25, -0.2) is 9.13 Å². The van der Waals surface area contributed by atoms with Crippen LogP contribution >= 0.6 is 15.6 Å². The highest BCUT2D eigenvalue weighted by Gasteiger charge is 2.30. The zero-order valence-electron chi connectivity index (χ0n) is 59.6. The van der Waals surface area contributed by atoms with E-state index in [1.54, 1.807) is 0 Å². The molecule has 0 amide bonds. The average molecular weight is 1370 g/mol. The van der Waals surface area contributed by atoms with Crippen molar-refractivity contribution in [3.8, 4) is 0 Å². The van der Waals surface area contributed by atoms with Crippen LogP contribution in [0.2, 0.25) is 0 Å². The quantitative estimate of drug-likeness (QED) is 0.0169. The van der Waals surface area contributed by atoms with Crippen molar-refractivity contribution in [2.75, 3.05) is 39.6 Å². The van der Waals surface area contributed by atoms with Crippen LogP contribution in [0.5, 0.6) is 0 Å². The SMILES string of the molecule is CCCCC/C=C\C/C=C\CCCCCCCC(=O)OCC(COP(=O)(O)OCC(O)COP(=O)(O)OCC(COC(=O)CCCCCCC/C=C\C/C=C\CCCCC)OC(=O)CCCCCCCCCCCCC)OC(=O)CCCCCCC/C=C\CCCCCC. The Morgan fingerprint density at radius 1 is 0.298 bits per heavy atom. The highest BCUT2D eigenvalue weighted by molar-refractivity contribution is 7.47. The molecule has 3 N–H and O–H groups in total. The summed E-state index contributed by atoms with van der Waals surface area (Å²) >= 11 is 0. The van der Waals surface area contributed by atoms with Crippen molar-refractivity contribution < 1.29 is 80.2 Å². The molecule has 0 aromatic carbocycles. The second kappa shape index (κ2) is 68.3. The third-order valence-electron chi connectivity index (χ3n) is 16.0. The van der Waals surface area contributed by atoms with E-state index in [4.69, 9.17) is 37.0 Å². The fraction of sp³-hybridized carbons (Fsp3) is 0.813. The molecular weight excluding hydrogens is 1230 g/mol. The Morgan fingerprint density at radius 3 is 0.830 bits per heavy atom. The molecule has 0 radical (unpaired) electrons. The number of hydrogen-bond acceptors (Lipinski definition) is 15. The van der Waals surface area contributed by atoms with Crippen LogP contribution in [0.3, 0.4) is 0 Å². The second-order valence-electron chi connectivity index (χ2n) is 25.2. The predicted octanol–water partition coefficient (Wildman–Crippen LogP) is 21.1. The molecule has 0 aromatic rings. The van der Waals surface area contributed by atoms with Gasteiger partial charge in [0.25, 0.3) is 0 Å². The number of carbonyl (C=O) groups is 4. The molecular formula is C75H136O17P2. The second-order valence-corrected chi connectivity index (χ2v) is 28.1. The number of unbranched alkanes of at least 4 members (excludes halogenated alkanes) is 35. The Hall–Kier alpha value is -3.24. The van der Waals surface area contributed by atoms with Gasteiger partial charge >= 0.3 is 39.5 Å². The topological polar surface area (TPSA) is 237 Å². The van der Waals surface area contributed by atoms with Crippen molar-refractivity contribution in [1.29, 1.82) is 0 Å². The smallest absolute Gasteiger partial charge is 0.462 e. The van der Waals surface area contributed by atoms with Crippen LogP contribution in [-0.2, 0) is 65.4 Å². The Labute approximate surface area is 571 Å². The molecule has 0 saturated heterocycles. The minimum atomic E-state index is -4.97. The Kier molecular flexibility index (Phi) is 65.9. The Bertz CT molecular complexity index is 2030. The van der Waals surface area contributed by atoms with Gasteiger partial charge in [0.05, 0.1) is 26.4 Å². The average Bonchev–Trinajstić information content (AvgIpc) is 1.55. The fourth-order valence-corrected chi connectivity index (χ4v) is 11.7. The van der Waals surface area contributed by atoms with Gasteiger partial charge in [0.15, 0.2) is 12.2 Å². The van der Waals surface area contributed by atoms with Gasteiger partial charge in [-0.3, -0.25) is 37.3 Å². The van der Waals surface area contributed by atoms with Gasteiger partial charge in [0.1, 0.15) is 19.3 Å². The van der Waals surface area contributed by atoms with Gasteiger partial charge in [-0.15, -0.1) is 0 Å². The lowest BCUT2D eigenvalue weighted by Gasteiger charge is -2.21. The van der Waals surface area contributed by atoms with Crippen LogP contribution in [0, 0.1) is 0 Å². The van der Waals surface area contributed by atoms with E-state index < -0.39 is 97.5 Å². The van der Waals surface area contributed by atoms with Gasteiger partial charge in [-0.2, -0.15) is 0 Å². The fourth-order valence-electron chi connectivity index (χ4n) is 10.2. The maximum atomic E-state index is 13.0. The van der Waals surface area contributed by atoms with Crippen molar-refractivity contribution in [3.63, 3.8) is 0 Å². The van der Waals surface area contributed by atoms with Crippen molar-refractivity contribution in [2.45, 2.75) is 354 Å². The minimum Gasteiger partial charge on any atom is -0.462 e. The van der Waals surface area contributed by atoms with Crippen LogP contribution in [0.25, 0.3) is 0 Å². The monoisotopic (exact) mass is 1370 g/mol. The normalized spacial score (nSPS) is 14.3. The first kappa shape index (κ1) is 90.8. The van der Waals surface area contributed by atoms with E-state index in [9.17, 15) is 43.2 Å². The molecule has 0 aliphatic carbocycles. The van der Waals surface area contributed by atoms with Crippen LogP contribution in [0.15, 0.2) is 60.8 Å². The molecule has 0 saturated carbocycles. The van der Waals surface area contributed by atoms with Gasteiger partial charge in [-0.1, -0.05) is 255 Å². The van der Waals surface area contributed by atoms with Crippen LogP contribution in [0.4, 0.5) is 0 Å². The zero-order chi connectivity index (χ0) is 69.0. The van der Waals surface area contributed by atoms with Gasteiger partial charge in [0, 0.05) is 25.7 Å². The van der Waals surface area contributed by atoms with Crippen molar-refractivity contribution in [1.82, 2.24) is 0 Å². The number of rotatable bonds is 71. The summed E-state index contributed by atoms with van der Waals surface area (Å²) in [6.45, 7) is 4.79. The molecule has 94 heavy (non-hydrogen) atoms. The molecule has 548 valence electrons. The van der Waals surface area contributed by atoms with E-state index in [1.807, 2.05) is 0 Å². The number of ether oxygens (including phenoxy) is 4. The van der Waals surface area contributed by atoms with Gasteiger partial charge < -0.3 is 33.8 Å². The molecule has 17 nitrogen and oxygen atoms in total. The molecule has 0 fully saturated rings. The first-order chi connectivity index (χ1) is 45.7. The lowest BCUT2D eigenvalue weighted by molar-refractivity contribution is -0.161. The number of phosphoric ester groups is 2. The third-order valence-corrected chi connectivity index (χ3v) is 17.9. The van der Waals surface area contributed by atoms with E-state index in [0.29, 0.717) is 25.7 Å². The first-order valence-electron chi connectivity index (χ1n) is 37.5. The third kappa shape index (κ3) is 67.3. The number of phosphoric acid groups is 2. The summed E-state index contributed by atoms with van der Waals surface area (Å²) in [5, 5.41) is 10.6. The maximum Gasteiger partial charge on any atom is 0.472 e. The number of carbonyl (C=O) groups excluding carboxylic acids is 4. The van der Waals surface area contributed by atoms with E-state index in [1.165, 1.54) is 103 Å². The van der Waals surface area contributed by atoms with Crippen molar-refractivity contribution in [3.05, 3.63) is 60.8 Å². The number of esters is 4. The molecule has 0 rings (SSSR count). The van der Waals surface area contributed by atoms with E-state index in [0.717, 1.165) is 154 Å². The molecule has 0 heterocycles. The summed E-state index contributed by atoms with van der Waals surface area (Å²) in [4.78, 5) is 72.7. The molecule has 0 bridgehead atoms. The van der Waals surface area contributed by atoms with Gasteiger partial charge in [-0.05, 0) is 116 Å². The standard InChI is InChI=1S/C75H136O17P2/c1-5-9-13-17-21-25-29-32-34-37-40-43-47-51-55-59-72(77)85-65-70(91-74(79)61-57-53-49-45-39-28-24-20-16-12-8-4)67-89-93(81,82)87-63-69(76)64-88-94(83,84)90-68-71(92-75(80)62-58-54-50-46-42-36-31-27-23-19-15-11-7-3)66-86-73(78)60-56-52-48-44-41-38-35-33-30-26-22-18-14-10-6-2/h21-22,25-27,31-35,69-71,76H,5-20,23-24,28-30,36-68H2,1-4H3,(H,81,82)(H,83,84)/b25-21-,26-22-,31-27-,34-32-,35-33-. The number of hydrogen-bond donors (Lipinski definition) is 3. The first-order valence-corrected chi connectivity index (χ1v) is 40.5. The number of aliphatic hydroxyl groups is 1. The molecule has 0 spiro atoms. The highest BCUT2D eigenvalue weighted by Crippen LogP contribution is 2.45. The minimum absolute atomic E-state index is 0.0852. The predicted molar refractivity (Wildman–Crippen MR) is 381 cm³/mol. The summed E-state index contributed by atoms with van der Waals surface area (Å²) in [5.41, 5.74) is 0. The van der Waals surface area contributed by atoms with Crippen LogP contribution in [-0.4, -0.2) is 96.7 Å². The molecule has 5 atom stereocenters. The zero-order valence-corrected chi connectivity index (χ0v) is 61.4. The van der Waals surface area contributed by atoms with E-state index >= 15 is 0 Å². The summed E-state index contributed by atoms with van der Waals surface area (Å²) < 4.78 is 68.3. The number of allylic oxidation sites excluding steroid dienone is 10. The lowest BCUT2D eigenvalue weighted by Crippen LogP contribution is -2.30. The van der Waals surface area contributed by atoms with E-state index in [2.05, 4.69) is 88.5 Å². The lowest BCUT2D eigenvalue weighted by atomic mass is 10.1. The summed E-state index contributed by atoms with van der Waals surface area (Å²) in [5.74, 6) is -2.19. The molecule has 19 heteroatoms. The van der Waals surface area contributed by atoms with Crippen LogP contribution in [0.1, 0.15) is 336 Å². The van der Waals surface area contributed by atoms with Crippen molar-refractivity contribution in [2.24, 2.45) is 0 Å². The maximum absolute atomic E-state index is 13.0. The Morgan fingerprint density at radius 2 is 0.521 bits per heavy atom.